The van der Waals surface area contributed by atoms with Crippen LogP contribution in [0.2, 0.25) is 0 Å². The van der Waals surface area contributed by atoms with Crippen LogP contribution in [0.3, 0.4) is 0 Å². The smallest absolute Gasteiger partial charge is 0.0494 e. The van der Waals surface area contributed by atoms with Crippen LogP contribution in [0, 0.1) is 0 Å². The van der Waals surface area contributed by atoms with E-state index in [0.717, 1.165) is 0 Å². The molecule has 0 aliphatic carbocycles. The highest BCUT2D eigenvalue weighted by molar-refractivity contribution is 6.08. The lowest BCUT2D eigenvalue weighted by Crippen LogP contribution is -2.04. The van der Waals surface area contributed by atoms with Crippen LogP contribution >= 0.6 is 0 Å². The van der Waals surface area contributed by atoms with Crippen LogP contribution in [0.25, 0.3) is 21.8 Å². The van der Waals surface area contributed by atoms with Crippen LogP contribution in [0.4, 0.5) is 0 Å². The maximum atomic E-state index is 6.01. The van der Waals surface area contributed by atoms with E-state index in [1.807, 2.05) is 6.92 Å². The fourth-order valence-electron chi connectivity index (χ4n) is 2.86. The van der Waals surface area contributed by atoms with Gasteiger partial charge >= 0.3 is 0 Å². The minimum atomic E-state index is 0.0746. The molecule has 0 bridgehead atoms. The number of aromatic nitrogens is 1. The molecule has 3 rings (SSSR count). The average molecular weight is 252 g/mol. The third-order valence-corrected chi connectivity index (χ3v) is 3.78. The molecule has 1 aromatic heterocycles. The molecule has 0 amide bonds. The third kappa shape index (κ3) is 1.83. The summed E-state index contributed by atoms with van der Waals surface area (Å²) in [6.07, 6.45) is 0. The van der Waals surface area contributed by atoms with E-state index >= 15 is 0 Å². The molecule has 2 aromatic carbocycles. The van der Waals surface area contributed by atoms with E-state index in [2.05, 4.69) is 60.9 Å². The zero-order valence-corrected chi connectivity index (χ0v) is 11.7. The maximum absolute atomic E-state index is 6.01. The number of rotatable bonds is 2. The molecular formula is C17H20N2. The van der Waals surface area contributed by atoms with E-state index in [1.165, 1.54) is 27.4 Å². The fraction of sp³-hybridized carbons (Fsp3) is 0.294. The molecule has 1 heterocycles. The van der Waals surface area contributed by atoms with Crippen LogP contribution in [0.5, 0.6) is 0 Å². The predicted octanol–water partition coefficient (Wildman–Crippen LogP) is 4.40. The van der Waals surface area contributed by atoms with Crippen LogP contribution in [-0.2, 0) is 0 Å². The molecule has 2 nitrogen and oxygen atoms in total. The Balaban J connectivity index is 2.45. The first kappa shape index (κ1) is 12.2. The van der Waals surface area contributed by atoms with E-state index in [0.29, 0.717) is 6.04 Å². The Bertz CT molecular complexity index is 735. The molecule has 0 aliphatic rings. The summed E-state index contributed by atoms with van der Waals surface area (Å²) in [5.74, 6) is 0. The van der Waals surface area contributed by atoms with Gasteiger partial charge in [0, 0.05) is 33.9 Å². The summed E-state index contributed by atoms with van der Waals surface area (Å²) in [6, 6.07) is 15.7. The molecule has 2 heteroatoms. The molecule has 3 aromatic rings. The average Bonchev–Trinajstić information content (AvgIpc) is 2.72. The van der Waals surface area contributed by atoms with Crippen molar-refractivity contribution < 1.29 is 0 Å². The summed E-state index contributed by atoms with van der Waals surface area (Å²) in [6.45, 7) is 6.49. The number of benzene rings is 2. The number of hydrogen-bond donors (Lipinski definition) is 1. The Labute approximate surface area is 113 Å². The number of hydrogen-bond acceptors (Lipinski definition) is 1. The first-order valence-corrected chi connectivity index (χ1v) is 6.87. The molecule has 2 N–H and O–H groups in total. The van der Waals surface area contributed by atoms with E-state index in [4.69, 9.17) is 5.73 Å². The highest BCUT2D eigenvalue weighted by atomic mass is 15.0. The molecule has 1 atom stereocenters. The minimum absolute atomic E-state index is 0.0746. The Morgan fingerprint density at radius 2 is 1.58 bits per heavy atom. The lowest BCUT2D eigenvalue weighted by molar-refractivity contribution is 0.642. The van der Waals surface area contributed by atoms with Gasteiger partial charge < -0.3 is 10.3 Å². The summed E-state index contributed by atoms with van der Waals surface area (Å²) >= 11 is 0. The van der Waals surface area contributed by atoms with Crippen LogP contribution in [-0.4, -0.2) is 4.57 Å². The standard InChI is InChI=1S/C17H20N2/c1-11(2)19-16-7-5-4-6-14(16)15-10-13(12(3)18)8-9-17(15)19/h4-12H,18H2,1-3H3. The lowest BCUT2D eigenvalue weighted by atomic mass is 10.1. The molecule has 0 aliphatic heterocycles. The zero-order chi connectivity index (χ0) is 13.6. The molecule has 0 saturated heterocycles. The van der Waals surface area contributed by atoms with Crippen LogP contribution < -0.4 is 5.73 Å². The predicted molar refractivity (Wildman–Crippen MR) is 82.4 cm³/mol. The monoisotopic (exact) mass is 252 g/mol. The minimum Gasteiger partial charge on any atom is -0.338 e. The molecule has 98 valence electrons. The zero-order valence-electron chi connectivity index (χ0n) is 11.7. The Morgan fingerprint density at radius 1 is 0.895 bits per heavy atom. The van der Waals surface area contributed by atoms with Gasteiger partial charge in [0.2, 0.25) is 0 Å². The largest absolute Gasteiger partial charge is 0.338 e. The van der Waals surface area contributed by atoms with Crippen molar-refractivity contribution in [3.05, 3.63) is 48.0 Å². The Hall–Kier alpha value is -1.80. The first-order valence-electron chi connectivity index (χ1n) is 6.87. The van der Waals surface area contributed by atoms with Crippen molar-refractivity contribution >= 4 is 21.8 Å². The molecule has 0 radical (unpaired) electrons. The van der Waals surface area contributed by atoms with E-state index in [-0.39, 0.29) is 6.04 Å². The second-order valence-corrected chi connectivity index (χ2v) is 5.55. The second kappa shape index (κ2) is 4.39. The van der Waals surface area contributed by atoms with Crippen molar-refractivity contribution in [1.29, 1.82) is 0 Å². The normalized spacial score (nSPS) is 13.5. The van der Waals surface area contributed by atoms with Gasteiger partial charge in [0.1, 0.15) is 0 Å². The number of nitrogens with two attached hydrogens (primary N) is 1. The second-order valence-electron chi connectivity index (χ2n) is 5.55. The van der Waals surface area contributed by atoms with Gasteiger partial charge in [0.25, 0.3) is 0 Å². The summed E-state index contributed by atoms with van der Waals surface area (Å²) in [5.41, 5.74) is 9.79. The van der Waals surface area contributed by atoms with E-state index < -0.39 is 0 Å². The Morgan fingerprint density at radius 3 is 2.26 bits per heavy atom. The fourth-order valence-corrected chi connectivity index (χ4v) is 2.86. The highest BCUT2D eigenvalue weighted by Crippen LogP contribution is 2.32. The quantitative estimate of drug-likeness (QED) is 0.720. The topological polar surface area (TPSA) is 30.9 Å². The Kier molecular flexibility index (Phi) is 2.83. The summed E-state index contributed by atoms with van der Waals surface area (Å²) in [7, 11) is 0. The molecule has 0 saturated carbocycles. The molecule has 0 fully saturated rings. The van der Waals surface area contributed by atoms with Crippen LogP contribution in [0.1, 0.15) is 38.4 Å². The van der Waals surface area contributed by atoms with Gasteiger partial charge in [-0.15, -0.1) is 0 Å². The van der Waals surface area contributed by atoms with Crippen molar-refractivity contribution in [1.82, 2.24) is 4.57 Å². The van der Waals surface area contributed by atoms with Crippen LogP contribution in [0.15, 0.2) is 42.5 Å². The first-order chi connectivity index (χ1) is 9.09. The van der Waals surface area contributed by atoms with Gasteiger partial charge in [-0.1, -0.05) is 24.3 Å². The molecule has 19 heavy (non-hydrogen) atoms. The van der Waals surface area contributed by atoms with Crippen molar-refractivity contribution in [3.63, 3.8) is 0 Å². The SMILES string of the molecule is CC(N)c1ccc2c(c1)c1ccccc1n2C(C)C. The highest BCUT2D eigenvalue weighted by Gasteiger charge is 2.13. The van der Waals surface area contributed by atoms with Gasteiger partial charge in [-0.3, -0.25) is 0 Å². The van der Waals surface area contributed by atoms with Crippen molar-refractivity contribution in [2.24, 2.45) is 5.73 Å². The summed E-state index contributed by atoms with van der Waals surface area (Å²) < 4.78 is 2.40. The van der Waals surface area contributed by atoms with E-state index in [9.17, 15) is 0 Å². The van der Waals surface area contributed by atoms with E-state index in [1.54, 1.807) is 0 Å². The summed E-state index contributed by atoms with van der Waals surface area (Å²) in [5, 5.41) is 2.62. The maximum Gasteiger partial charge on any atom is 0.0494 e. The van der Waals surface area contributed by atoms with Gasteiger partial charge in [0.15, 0.2) is 0 Å². The van der Waals surface area contributed by atoms with Gasteiger partial charge in [-0.25, -0.2) is 0 Å². The van der Waals surface area contributed by atoms with Crippen molar-refractivity contribution in [2.45, 2.75) is 32.9 Å². The van der Waals surface area contributed by atoms with Crippen molar-refractivity contribution in [3.8, 4) is 0 Å². The molecule has 0 spiro atoms. The number of fused-ring (bicyclic) bond motifs is 3. The van der Waals surface area contributed by atoms with Crippen molar-refractivity contribution in [2.75, 3.05) is 0 Å². The third-order valence-electron chi connectivity index (χ3n) is 3.78. The molecular weight excluding hydrogens is 232 g/mol. The molecule has 1 unspecified atom stereocenters. The van der Waals surface area contributed by atoms with Gasteiger partial charge in [0.05, 0.1) is 0 Å². The lowest BCUT2D eigenvalue weighted by Gasteiger charge is -2.12. The number of nitrogens with zero attached hydrogens (tertiary/aromatic N) is 1. The number of para-hydroxylation sites is 1. The van der Waals surface area contributed by atoms with Gasteiger partial charge in [-0.2, -0.15) is 0 Å². The van der Waals surface area contributed by atoms with Gasteiger partial charge in [-0.05, 0) is 44.5 Å². The summed E-state index contributed by atoms with van der Waals surface area (Å²) in [4.78, 5) is 0.